The Morgan fingerprint density at radius 3 is 2.89 bits per heavy atom. The number of nitrogens with one attached hydrogen (secondary N) is 1. The molecule has 37 heavy (non-hydrogen) atoms. The maximum Gasteiger partial charge on any atom is 0.230 e. The fraction of sp³-hybridized carbons (Fsp3) is 0.333. The quantitative estimate of drug-likeness (QED) is 0.454. The lowest BCUT2D eigenvalue weighted by molar-refractivity contribution is -0.239. The van der Waals surface area contributed by atoms with Gasteiger partial charge < -0.3 is 15.2 Å². The van der Waals surface area contributed by atoms with E-state index in [0.29, 0.717) is 11.7 Å². The van der Waals surface area contributed by atoms with Gasteiger partial charge in [0.05, 0.1) is 18.7 Å². The predicted molar refractivity (Wildman–Crippen MR) is 147 cm³/mol. The SMILES string of the molecule is CCOc1cccc(CC(=O)Nc2nc(C3=C[C@@H]4C5C(=C3)CCN5C4(O)c3ccccc3C)c(C)s2)c1. The molecule has 3 atom stereocenters. The number of thiazole rings is 1. The number of carbonyl (C=O) groups is 1. The molecule has 3 aromatic rings. The Morgan fingerprint density at radius 1 is 1.24 bits per heavy atom. The van der Waals surface area contributed by atoms with Crippen molar-refractivity contribution in [2.75, 3.05) is 18.5 Å². The molecule has 0 radical (unpaired) electrons. The van der Waals surface area contributed by atoms with Crippen LogP contribution in [0.4, 0.5) is 5.13 Å². The van der Waals surface area contributed by atoms with E-state index in [-0.39, 0.29) is 24.3 Å². The second-order valence-corrected chi connectivity index (χ2v) is 11.2. The van der Waals surface area contributed by atoms with E-state index >= 15 is 0 Å². The monoisotopic (exact) mass is 513 g/mol. The fourth-order valence-electron chi connectivity index (χ4n) is 6.13. The van der Waals surface area contributed by atoms with Crippen LogP contribution in [0, 0.1) is 19.8 Å². The molecule has 190 valence electrons. The van der Waals surface area contributed by atoms with Crippen LogP contribution in [0.3, 0.4) is 0 Å². The molecule has 3 aliphatic rings. The number of ether oxygens (including phenoxy) is 1. The van der Waals surface area contributed by atoms with Crippen LogP contribution in [0.5, 0.6) is 5.75 Å². The lowest BCUT2D eigenvalue weighted by atomic mass is 9.68. The van der Waals surface area contributed by atoms with Gasteiger partial charge in [0.15, 0.2) is 10.9 Å². The third kappa shape index (κ3) is 4.02. The lowest BCUT2D eigenvalue weighted by Gasteiger charge is -2.59. The summed E-state index contributed by atoms with van der Waals surface area (Å²) in [6.45, 7) is 7.48. The summed E-state index contributed by atoms with van der Waals surface area (Å²) >= 11 is 1.49. The second-order valence-electron chi connectivity index (χ2n) is 10.0. The van der Waals surface area contributed by atoms with Crippen molar-refractivity contribution in [2.45, 2.75) is 45.4 Å². The number of anilines is 1. The van der Waals surface area contributed by atoms with Gasteiger partial charge in [-0.25, -0.2) is 4.98 Å². The lowest BCUT2D eigenvalue weighted by Crippen LogP contribution is -2.68. The largest absolute Gasteiger partial charge is 0.494 e. The van der Waals surface area contributed by atoms with Crippen molar-refractivity contribution in [3.8, 4) is 5.75 Å². The molecule has 6 nitrogen and oxygen atoms in total. The normalized spacial score (nSPS) is 24.1. The van der Waals surface area contributed by atoms with E-state index in [2.05, 4.69) is 35.4 Å². The molecule has 2 N–H and O–H groups in total. The average molecular weight is 514 g/mol. The van der Waals surface area contributed by atoms with Gasteiger partial charge in [-0.05, 0) is 56.0 Å². The highest BCUT2D eigenvalue weighted by Gasteiger charge is 2.63. The first kappa shape index (κ1) is 24.1. The molecule has 2 fully saturated rings. The summed E-state index contributed by atoms with van der Waals surface area (Å²) in [6.07, 6.45) is 5.63. The Labute approximate surface area is 221 Å². The Kier molecular flexibility index (Phi) is 6.02. The Morgan fingerprint density at radius 2 is 2.08 bits per heavy atom. The highest BCUT2D eigenvalue weighted by Crippen LogP contribution is 2.58. The number of allylic oxidation sites excluding steroid dienone is 2. The second kappa shape index (κ2) is 9.24. The van der Waals surface area contributed by atoms with Crippen LogP contribution >= 0.6 is 11.3 Å². The van der Waals surface area contributed by atoms with Crippen molar-refractivity contribution in [2.24, 2.45) is 5.92 Å². The topological polar surface area (TPSA) is 74.7 Å². The third-order valence-electron chi connectivity index (χ3n) is 7.73. The van der Waals surface area contributed by atoms with E-state index in [1.807, 2.05) is 56.3 Å². The number of benzene rings is 2. The first-order chi connectivity index (χ1) is 17.9. The number of nitrogens with zero attached hydrogens (tertiary/aromatic N) is 2. The molecular formula is C30H31N3O3S. The number of aliphatic hydroxyl groups is 1. The van der Waals surface area contributed by atoms with Crippen LogP contribution in [0.1, 0.15) is 40.6 Å². The first-order valence-electron chi connectivity index (χ1n) is 12.9. The van der Waals surface area contributed by atoms with Crippen molar-refractivity contribution in [3.63, 3.8) is 0 Å². The minimum Gasteiger partial charge on any atom is -0.494 e. The first-order valence-corrected chi connectivity index (χ1v) is 13.7. The molecule has 2 saturated heterocycles. The maximum atomic E-state index is 12.8. The van der Waals surface area contributed by atoms with Crippen molar-refractivity contribution in [1.82, 2.24) is 9.88 Å². The molecule has 1 aliphatic carbocycles. The molecule has 2 aromatic carbocycles. The number of aromatic nitrogens is 1. The van der Waals surface area contributed by atoms with Gasteiger partial charge in [-0.3, -0.25) is 9.69 Å². The van der Waals surface area contributed by atoms with Crippen molar-refractivity contribution in [1.29, 1.82) is 0 Å². The van der Waals surface area contributed by atoms with Crippen LogP contribution in [0.15, 0.2) is 66.3 Å². The number of carbonyl (C=O) groups excluding carboxylic acids is 1. The number of rotatable bonds is 7. The van der Waals surface area contributed by atoms with Gasteiger partial charge in [0, 0.05) is 28.9 Å². The average Bonchev–Trinajstić information content (AvgIpc) is 3.46. The van der Waals surface area contributed by atoms with Gasteiger partial charge >= 0.3 is 0 Å². The van der Waals surface area contributed by atoms with Crippen LogP contribution in [0.25, 0.3) is 5.57 Å². The number of amides is 1. The number of hydrogen-bond acceptors (Lipinski definition) is 6. The molecule has 2 aliphatic heterocycles. The zero-order chi connectivity index (χ0) is 25.7. The smallest absolute Gasteiger partial charge is 0.230 e. The molecule has 1 amide bonds. The van der Waals surface area contributed by atoms with E-state index in [0.717, 1.165) is 51.5 Å². The molecular weight excluding hydrogens is 482 g/mol. The maximum absolute atomic E-state index is 12.8. The van der Waals surface area contributed by atoms with Gasteiger partial charge in [-0.2, -0.15) is 0 Å². The van der Waals surface area contributed by atoms with Crippen LogP contribution < -0.4 is 10.1 Å². The van der Waals surface area contributed by atoms with E-state index in [9.17, 15) is 9.90 Å². The summed E-state index contributed by atoms with van der Waals surface area (Å²) in [4.78, 5) is 20.9. The zero-order valence-electron chi connectivity index (χ0n) is 21.3. The predicted octanol–water partition coefficient (Wildman–Crippen LogP) is 5.21. The molecule has 3 heterocycles. The highest BCUT2D eigenvalue weighted by atomic mass is 32.1. The molecule has 1 aromatic heterocycles. The molecule has 0 spiro atoms. The summed E-state index contributed by atoms with van der Waals surface area (Å²) in [5, 5.41) is 15.5. The van der Waals surface area contributed by atoms with E-state index < -0.39 is 5.72 Å². The van der Waals surface area contributed by atoms with Gasteiger partial charge in [0.1, 0.15) is 5.75 Å². The van der Waals surface area contributed by atoms with Crippen LogP contribution in [-0.4, -0.2) is 40.1 Å². The van der Waals surface area contributed by atoms with Gasteiger partial charge in [0.2, 0.25) is 5.91 Å². The summed E-state index contributed by atoms with van der Waals surface area (Å²) in [5.41, 5.74) is 5.23. The third-order valence-corrected chi connectivity index (χ3v) is 8.62. The summed E-state index contributed by atoms with van der Waals surface area (Å²) in [6, 6.07) is 16.0. The molecule has 0 saturated carbocycles. The standard InChI is InChI=1S/C30H31N3O3S/c1-4-36-23-10-7-9-20(14-23)15-26(34)31-29-32-27(19(3)37-29)22-16-21-12-13-33-28(21)25(17-22)30(33,35)24-11-6-5-8-18(24)2/h5-11,14,16-17,25,28,35H,4,12-13,15H2,1-3H3,(H,31,32,34)/t25-,28?,30?/m1/s1. The molecule has 6 rings (SSSR count). The highest BCUT2D eigenvalue weighted by molar-refractivity contribution is 7.15. The van der Waals surface area contributed by atoms with Crippen molar-refractivity contribution < 1.29 is 14.6 Å². The summed E-state index contributed by atoms with van der Waals surface area (Å²) in [5.74, 6) is 0.634. The van der Waals surface area contributed by atoms with Crippen LogP contribution in [0.2, 0.25) is 0 Å². The van der Waals surface area contributed by atoms with Gasteiger partial charge in [0.25, 0.3) is 0 Å². The minimum atomic E-state index is -1.01. The Hall–Kier alpha value is -3.26. The number of hydrogen-bond donors (Lipinski definition) is 2. The van der Waals surface area contributed by atoms with E-state index in [4.69, 9.17) is 9.72 Å². The molecule has 2 unspecified atom stereocenters. The van der Waals surface area contributed by atoms with Crippen molar-refractivity contribution >= 4 is 27.9 Å². The number of aryl methyl sites for hydroxylation is 2. The summed E-state index contributed by atoms with van der Waals surface area (Å²) < 4.78 is 5.55. The van der Waals surface area contributed by atoms with Gasteiger partial charge in [-0.1, -0.05) is 54.1 Å². The van der Waals surface area contributed by atoms with Crippen molar-refractivity contribution in [3.05, 3.63) is 93.5 Å². The minimum absolute atomic E-state index is 0.0251. The Bertz CT molecular complexity index is 1440. The van der Waals surface area contributed by atoms with E-state index in [1.54, 1.807) is 0 Å². The zero-order valence-corrected chi connectivity index (χ0v) is 22.1. The van der Waals surface area contributed by atoms with Gasteiger partial charge in [-0.15, -0.1) is 11.3 Å². The Balaban J connectivity index is 1.24. The molecule has 0 bridgehead atoms. The molecule has 7 heteroatoms. The van der Waals surface area contributed by atoms with Crippen LogP contribution in [-0.2, 0) is 16.9 Å². The fourth-order valence-corrected chi connectivity index (χ4v) is 6.98. The summed E-state index contributed by atoms with van der Waals surface area (Å²) in [7, 11) is 0. The van der Waals surface area contributed by atoms with E-state index in [1.165, 1.54) is 16.9 Å².